The summed E-state index contributed by atoms with van der Waals surface area (Å²) in [6.45, 7) is 0.534. The van der Waals surface area contributed by atoms with Crippen LogP contribution in [0.5, 0.6) is 0 Å². The van der Waals surface area contributed by atoms with Crippen molar-refractivity contribution in [2.24, 2.45) is 10.9 Å². The van der Waals surface area contributed by atoms with E-state index in [0.29, 0.717) is 12.4 Å². The normalized spacial score (nSPS) is 11.6. The average Bonchev–Trinajstić information content (AvgIpc) is 2.77. The first-order valence-electron chi connectivity index (χ1n) is 4.70. The molecule has 6 nitrogen and oxygen atoms in total. The number of aromatic nitrogens is 3. The molecule has 2 heterocycles. The Morgan fingerprint density at radius 2 is 2.25 bits per heavy atom. The van der Waals surface area contributed by atoms with Crippen molar-refractivity contribution in [3.63, 3.8) is 0 Å². The fourth-order valence-corrected chi connectivity index (χ4v) is 1.38. The largest absolute Gasteiger partial charge is 0.409 e. The molecule has 0 spiro atoms. The van der Waals surface area contributed by atoms with E-state index >= 15 is 0 Å². The van der Waals surface area contributed by atoms with Gasteiger partial charge >= 0.3 is 0 Å². The molecule has 2 aromatic heterocycles. The highest BCUT2D eigenvalue weighted by Gasteiger charge is 2.08. The molecule has 2 aromatic rings. The fraction of sp³-hybridized carbons (Fsp3) is 0.100. The van der Waals surface area contributed by atoms with Crippen molar-refractivity contribution in [1.82, 2.24) is 14.5 Å². The molecule has 0 unspecified atom stereocenters. The molecule has 0 aliphatic heterocycles. The lowest BCUT2D eigenvalue weighted by Gasteiger charge is -2.05. The van der Waals surface area contributed by atoms with Crippen molar-refractivity contribution < 1.29 is 5.21 Å². The van der Waals surface area contributed by atoms with Gasteiger partial charge in [0.1, 0.15) is 0 Å². The topological polar surface area (TPSA) is 89.3 Å². The van der Waals surface area contributed by atoms with Crippen LogP contribution >= 0.6 is 0 Å². The molecule has 0 atom stereocenters. The lowest BCUT2D eigenvalue weighted by atomic mass is 10.3. The summed E-state index contributed by atoms with van der Waals surface area (Å²) in [6.07, 6.45) is 5.06. The number of hydrogen-bond acceptors (Lipinski definition) is 4. The van der Waals surface area contributed by atoms with E-state index in [0.717, 1.165) is 5.69 Å². The third-order valence-electron chi connectivity index (χ3n) is 2.11. The summed E-state index contributed by atoms with van der Waals surface area (Å²) >= 11 is 0. The Kier molecular flexibility index (Phi) is 2.81. The minimum Gasteiger partial charge on any atom is -0.409 e. The standard InChI is InChI=1S/C10H11N5O/c11-9(14-16)10-13-5-6-15(10)7-8-3-1-2-4-12-8/h1-6,16H,7H2,(H2,11,14). The van der Waals surface area contributed by atoms with E-state index in [1.165, 1.54) is 0 Å². The summed E-state index contributed by atoms with van der Waals surface area (Å²) in [4.78, 5) is 8.19. The number of nitrogens with two attached hydrogens (primary N) is 1. The molecule has 82 valence electrons. The average molecular weight is 217 g/mol. The van der Waals surface area contributed by atoms with Gasteiger partial charge in [-0.1, -0.05) is 11.2 Å². The maximum absolute atomic E-state index is 8.59. The van der Waals surface area contributed by atoms with Gasteiger partial charge in [0.2, 0.25) is 5.84 Å². The molecular weight excluding hydrogens is 206 g/mol. The van der Waals surface area contributed by atoms with Crippen molar-refractivity contribution in [3.8, 4) is 0 Å². The van der Waals surface area contributed by atoms with Crippen LogP contribution in [0.3, 0.4) is 0 Å². The zero-order valence-electron chi connectivity index (χ0n) is 8.48. The molecule has 16 heavy (non-hydrogen) atoms. The number of rotatable bonds is 3. The second kappa shape index (κ2) is 4.43. The van der Waals surface area contributed by atoms with Gasteiger partial charge in [0.25, 0.3) is 0 Å². The summed E-state index contributed by atoms with van der Waals surface area (Å²) in [5.74, 6) is 0.411. The van der Waals surface area contributed by atoms with Gasteiger partial charge in [-0.15, -0.1) is 0 Å². The molecule has 0 radical (unpaired) electrons. The van der Waals surface area contributed by atoms with Crippen molar-refractivity contribution in [3.05, 3.63) is 48.3 Å². The lowest BCUT2D eigenvalue weighted by Crippen LogP contribution is -2.20. The Morgan fingerprint density at radius 1 is 1.38 bits per heavy atom. The summed E-state index contributed by atoms with van der Waals surface area (Å²) in [7, 11) is 0. The lowest BCUT2D eigenvalue weighted by molar-refractivity contribution is 0.318. The Balaban J connectivity index is 2.26. The van der Waals surface area contributed by atoms with E-state index < -0.39 is 0 Å². The smallest absolute Gasteiger partial charge is 0.206 e. The number of oxime groups is 1. The Bertz CT molecular complexity index is 491. The first-order valence-corrected chi connectivity index (χ1v) is 4.70. The maximum atomic E-state index is 8.59. The Labute approximate surface area is 92.1 Å². The monoisotopic (exact) mass is 217 g/mol. The van der Waals surface area contributed by atoms with Gasteiger partial charge in [-0.3, -0.25) is 4.98 Å². The van der Waals surface area contributed by atoms with Crippen LogP contribution < -0.4 is 5.73 Å². The molecule has 0 fully saturated rings. The van der Waals surface area contributed by atoms with Crippen LogP contribution in [0.25, 0.3) is 0 Å². The molecule has 0 aromatic carbocycles. The molecule has 0 aliphatic carbocycles. The van der Waals surface area contributed by atoms with E-state index in [9.17, 15) is 0 Å². The van der Waals surface area contributed by atoms with Gasteiger partial charge in [-0.05, 0) is 12.1 Å². The Morgan fingerprint density at radius 3 is 2.94 bits per heavy atom. The third kappa shape index (κ3) is 2.00. The highest BCUT2D eigenvalue weighted by atomic mass is 16.4. The highest BCUT2D eigenvalue weighted by Crippen LogP contribution is 2.02. The molecule has 0 bridgehead atoms. The SMILES string of the molecule is NC(=NO)c1nccn1Cc1ccccn1. The first kappa shape index (κ1) is 10.2. The van der Waals surface area contributed by atoms with Gasteiger partial charge in [0.05, 0.1) is 12.2 Å². The minimum atomic E-state index is -0.0130. The number of pyridine rings is 1. The predicted molar refractivity (Wildman–Crippen MR) is 58.1 cm³/mol. The predicted octanol–water partition coefficient (Wildman–Crippen LogP) is 0.421. The van der Waals surface area contributed by atoms with E-state index in [1.54, 1.807) is 23.2 Å². The van der Waals surface area contributed by atoms with Crippen LogP contribution in [-0.4, -0.2) is 25.6 Å². The van der Waals surface area contributed by atoms with E-state index in [2.05, 4.69) is 15.1 Å². The van der Waals surface area contributed by atoms with Crippen LogP contribution in [0.1, 0.15) is 11.5 Å². The molecule has 0 saturated heterocycles. The molecule has 3 N–H and O–H groups in total. The fourth-order valence-electron chi connectivity index (χ4n) is 1.38. The quantitative estimate of drug-likeness (QED) is 0.337. The number of imidazole rings is 1. The second-order valence-corrected chi connectivity index (χ2v) is 3.19. The highest BCUT2D eigenvalue weighted by molar-refractivity contribution is 5.93. The van der Waals surface area contributed by atoms with Crippen LogP contribution in [0.4, 0.5) is 0 Å². The Hall–Kier alpha value is -2.37. The third-order valence-corrected chi connectivity index (χ3v) is 2.11. The van der Waals surface area contributed by atoms with E-state index in [1.807, 2.05) is 18.2 Å². The van der Waals surface area contributed by atoms with Gasteiger partial charge in [-0.2, -0.15) is 0 Å². The van der Waals surface area contributed by atoms with Crippen LogP contribution in [0.2, 0.25) is 0 Å². The van der Waals surface area contributed by atoms with Gasteiger partial charge in [0, 0.05) is 18.6 Å². The van der Waals surface area contributed by atoms with E-state index in [-0.39, 0.29) is 5.84 Å². The molecule has 0 aliphatic rings. The number of amidine groups is 1. The van der Waals surface area contributed by atoms with Crippen molar-refractivity contribution in [2.45, 2.75) is 6.54 Å². The van der Waals surface area contributed by atoms with Crippen LogP contribution in [-0.2, 0) is 6.54 Å². The minimum absolute atomic E-state index is 0.0130. The van der Waals surface area contributed by atoms with Crippen molar-refractivity contribution in [1.29, 1.82) is 0 Å². The van der Waals surface area contributed by atoms with Crippen LogP contribution in [0, 0.1) is 0 Å². The van der Waals surface area contributed by atoms with Crippen molar-refractivity contribution in [2.75, 3.05) is 0 Å². The molecule has 0 amide bonds. The molecular formula is C10H11N5O. The zero-order valence-corrected chi connectivity index (χ0v) is 8.48. The summed E-state index contributed by atoms with van der Waals surface area (Å²) in [6, 6.07) is 5.65. The van der Waals surface area contributed by atoms with Gasteiger partial charge in [0.15, 0.2) is 5.82 Å². The van der Waals surface area contributed by atoms with Crippen LogP contribution in [0.15, 0.2) is 41.9 Å². The summed E-state index contributed by atoms with van der Waals surface area (Å²) in [5.41, 5.74) is 6.37. The summed E-state index contributed by atoms with van der Waals surface area (Å²) < 4.78 is 1.76. The summed E-state index contributed by atoms with van der Waals surface area (Å²) in [5, 5.41) is 11.5. The van der Waals surface area contributed by atoms with Crippen molar-refractivity contribution >= 4 is 5.84 Å². The first-order chi connectivity index (χ1) is 7.81. The zero-order chi connectivity index (χ0) is 11.4. The van der Waals surface area contributed by atoms with Gasteiger partial charge < -0.3 is 15.5 Å². The van der Waals surface area contributed by atoms with Gasteiger partial charge in [-0.25, -0.2) is 4.98 Å². The van der Waals surface area contributed by atoms with E-state index in [4.69, 9.17) is 10.9 Å². The maximum Gasteiger partial charge on any atom is 0.206 e. The number of nitrogens with zero attached hydrogens (tertiary/aromatic N) is 4. The molecule has 6 heteroatoms. The second-order valence-electron chi connectivity index (χ2n) is 3.19. The molecule has 0 saturated carbocycles. The molecule has 2 rings (SSSR count). The number of hydrogen-bond donors (Lipinski definition) is 2.